The minimum absolute atomic E-state index is 0.118. The number of halogens is 2. The molecule has 0 aliphatic carbocycles. The molecule has 104 valence electrons. The van der Waals surface area contributed by atoms with Gasteiger partial charge in [0, 0.05) is 12.1 Å². The molecule has 0 bridgehead atoms. The highest BCUT2D eigenvalue weighted by Crippen LogP contribution is 2.39. The van der Waals surface area contributed by atoms with Crippen LogP contribution < -0.4 is 14.8 Å². The lowest BCUT2D eigenvalue weighted by Gasteiger charge is -2.31. The van der Waals surface area contributed by atoms with E-state index in [9.17, 15) is 0 Å². The predicted molar refractivity (Wildman–Crippen MR) is 76.6 cm³/mol. The minimum atomic E-state index is 0.118. The fraction of sp³-hybridized carbons (Fsp3) is 0.571. The Morgan fingerprint density at radius 2 is 1.79 bits per heavy atom. The molecule has 3 nitrogen and oxygen atoms in total. The fourth-order valence-electron chi connectivity index (χ4n) is 2.72. The maximum atomic E-state index is 6.01. The summed E-state index contributed by atoms with van der Waals surface area (Å²) in [6.45, 7) is 2.81. The van der Waals surface area contributed by atoms with Crippen molar-refractivity contribution < 1.29 is 9.47 Å². The van der Waals surface area contributed by atoms with E-state index in [1.807, 2.05) is 0 Å². The lowest BCUT2D eigenvalue weighted by molar-refractivity contribution is 0.0678. The third-order valence-corrected chi connectivity index (χ3v) is 4.48. The summed E-state index contributed by atoms with van der Waals surface area (Å²) in [7, 11) is 0. The van der Waals surface area contributed by atoms with Gasteiger partial charge in [-0.25, -0.2) is 0 Å². The molecule has 5 heteroatoms. The van der Waals surface area contributed by atoms with Crippen LogP contribution in [0.1, 0.15) is 19.3 Å². The van der Waals surface area contributed by atoms with Crippen molar-refractivity contribution in [2.75, 3.05) is 19.7 Å². The molecule has 2 aliphatic rings. The molecule has 1 aromatic carbocycles. The van der Waals surface area contributed by atoms with Gasteiger partial charge in [0.15, 0.2) is 11.5 Å². The number of rotatable bonds is 2. The highest BCUT2D eigenvalue weighted by Gasteiger charge is 2.26. The second-order valence-electron chi connectivity index (χ2n) is 5.19. The molecule has 0 amide bonds. The Hall–Kier alpha value is -0.640. The third-order valence-electron chi connectivity index (χ3n) is 3.76. The van der Waals surface area contributed by atoms with Crippen LogP contribution in [-0.2, 0) is 0 Å². The number of ether oxygens (including phenoxy) is 2. The fourth-order valence-corrected chi connectivity index (χ4v) is 3.02. The van der Waals surface area contributed by atoms with E-state index in [-0.39, 0.29) is 6.10 Å². The molecular weight excluding hydrogens is 285 g/mol. The largest absolute Gasteiger partial charge is 0.486 e. The normalized spacial score (nSPS) is 23.4. The molecule has 1 aromatic rings. The highest BCUT2D eigenvalue weighted by molar-refractivity contribution is 6.42. The first-order valence-electron chi connectivity index (χ1n) is 6.71. The second-order valence-corrected chi connectivity index (χ2v) is 6.01. The van der Waals surface area contributed by atoms with E-state index in [1.165, 1.54) is 12.8 Å². The maximum absolute atomic E-state index is 6.01. The van der Waals surface area contributed by atoms with Crippen molar-refractivity contribution in [3.63, 3.8) is 0 Å². The zero-order chi connectivity index (χ0) is 13.2. The summed E-state index contributed by atoms with van der Waals surface area (Å²) in [5.41, 5.74) is 0. The number of benzene rings is 1. The van der Waals surface area contributed by atoms with E-state index in [4.69, 9.17) is 32.7 Å². The van der Waals surface area contributed by atoms with E-state index in [1.54, 1.807) is 12.1 Å². The Kier molecular flexibility index (Phi) is 4.06. The maximum Gasteiger partial charge on any atom is 0.163 e. The van der Waals surface area contributed by atoms with Crippen LogP contribution in [0.2, 0.25) is 10.0 Å². The Labute approximate surface area is 123 Å². The average molecular weight is 302 g/mol. The smallest absolute Gasteiger partial charge is 0.163 e. The lowest BCUT2D eigenvalue weighted by Crippen LogP contribution is -2.35. The monoisotopic (exact) mass is 301 g/mol. The van der Waals surface area contributed by atoms with Gasteiger partial charge in [-0.05, 0) is 38.3 Å². The molecule has 3 rings (SSSR count). The molecule has 1 atom stereocenters. The molecule has 0 radical (unpaired) electrons. The third kappa shape index (κ3) is 3.10. The summed E-state index contributed by atoms with van der Waals surface area (Å²) >= 11 is 12.0. The van der Waals surface area contributed by atoms with Crippen molar-refractivity contribution in [3.05, 3.63) is 22.2 Å². The van der Waals surface area contributed by atoms with Gasteiger partial charge in [-0.2, -0.15) is 0 Å². The van der Waals surface area contributed by atoms with Gasteiger partial charge >= 0.3 is 0 Å². The van der Waals surface area contributed by atoms with E-state index < -0.39 is 0 Å². The first-order valence-corrected chi connectivity index (χ1v) is 7.47. The summed E-state index contributed by atoms with van der Waals surface area (Å²) in [5.74, 6) is 2.12. The standard InChI is InChI=1S/C14H17Cl2NO2/c15-11-6-13-14(7-12(11)16)19-10(8-18-13)5-9-1-3-17-4-2-9/h6-7,9-10,17H,1-5,8H2. The van der Waals surface area contributed by atoms with Crippen LogP contribution in [0.15, 0.2) is 12.1 Å². The first-order chi connectivity index (χ1) is 9.22. The van der Waals surface area contributed by atoms with Crippen molar-refractivity contribution in [1.29, 1.82) is 0 Å². The van der Waals surface area contributed by atoms with Gasteiger partial charge in [0.2, 0.25) is 0 Å². The number of nitrogens with one attached hydrogen (secondary N) is 1. The predicted octanol–water partition coefficient (Wildman–Crippen LogP) is 3.52. The molecule has 2 heterocycles. The minimum Gasteiger partial charge on any atom is -0.486 e. The molecule has 2 aliphatic heterocycles. The molecule has 0 saturated carbocycles. The summed E-state index contributed by atoms with van der Waals surface area (Å²) < 4.78 is 11.7. The van der Waals surface area contributed by atoms with Gasteiger partial charge < -0.3 is 14.8 Å². The van der Waals surface area contributed by atoms with Crippen molar-refractivity contribution in [2.24, 2.45) is 5.92 Å². The van der Waals surface area contributed by atoms with Crippen molar-refractivity contribution >= 4 is 23.2 Å². The van der Waals surface area contributed by atoms with Crippen LogP contribution in [0.4, 0.5) is 0 Å². The van der Waals surface area contributed by atoms with Crippen LogP contribution in [0.3, 0.4) is 0 Å². The summed E-state index contributed by atoms with van der Waals surface area (Å²) in [5, 5.41) is 4.38. The lowest BCUT2D eigenvalue weighted by atomic mass is 9.92. The molecule has 19 heavy (non-hydrogen) atoms. The van der Waals surface area contributed by atoms with E-state index in [0.29, 0.717) is 28.2 Å². The van der Waals surface area contributed by atoms with Crippen LogP contribution in [-0.4, -0.2) is 25.8 Å². The summed E-state index contributed by atoms with van der Waals surface area (Å²) in [6.07, 6.45) is 3.59. The van der Waals surface area contributed by atoms with Crippen LogP contribution >= 0.6 is 23.2 Å². The van der Waals surface area contributed by atoms with E-state index >= 15 is 0 Å². The van der Waals surface area contributed by atoms with Crippen molar-refractivity contribution in [3.8, 4) is 11.5 Å². The number of piperidine rings is 1. The zero-order valence-corrected chi connectivity index (χ0v) is 12.1. The van der Waals surface area contributed by atoms with Gasteiger partial charge in [-0.15, -0.1) is 0 Å². The van der Waals surface area contributed by atoms with E-state index in [0.717, 1.165) is 25.4 Å². The van der Waals surface area contributed by atoms with Crippen molar-refractivity contribution in [1.82, 2.24) is 5.32 Å². The van der Waals surface area contributed by atoms with Gasteiger partial charge in [0.05, 0.1) is 10.0 Å². The molecular formula is C14H17Cl2NO2. The Bertz CT molecular complexity index is 461. The molecule has 0 spiro atoms. The summed E-state index contributed by atoms with van der Waals surface area (Å²) in [6, 6.07) is 3.47. The average Bonchev–Trinajstić information content (AvgIpc) is 2.42. The molecule has 1 N–H and O–H groups in total. The Morgan fingerprint density at radius 3 is 2.53 bits per heavy atom. The number of hydrogen-bond donors (Lipinski definition) is 1. The van der Waals surface area contributed by atoms with Gasteiger partial charge in [0.1, 0.15) is 12.7 Å². The van der Waals surface area contributed by atoms with Crippen molar-refractivity contribution in [2.45, 2.75) is 25.4 Å². The SMILES string of the molecule is Clc1cc2c(cc1Cl)OC(CC1CCNCC1)CO2. The Balaban J connectivity index is 1.66. The zero-order valence-electron chi connectivity index (χ0n) is 10.6. The molecule has 1 unspecified atom stereocenters. The summed E-state index contributed by atoms with van der Waals surface area (Å²) in [4.78, 5) is 0. The van der Waals surface area contributed by atoms with Crippen LogP contribution in [0, 0.1) is 5.92 Å². The molecule has 0 aromatic heterocycles. The molecule has 1 fully saturated rings. The Morgan fingerprint density at radius 1 is 1.11 bits per heavy atom. The van der Waals surface area contributed by atoms with E-state index in [2.05, 4.69) is 5.32 Å². The highest BCUT2D eigenvalue weighted by atomic mass is 35.5. The van der Waals surface area contributed by atoms with Gasteiger partial charge in [0.25, 0.3) is 0 Å². The first kappa shape index (κ1) is 13.3. The topological polar surface area (TPSA) is 30.5 Å². The quantitative estimate of drug-likeness (QED) is 0.906. The van der Waals surface area contributed by atoms with Gasteiger partial charge in [-0.3, -0.25) is 0 Å². The second kappa shape index (κ2) is 5.78. The number of fused-ring (bicyclic) bond motifs is 1. The molecule has 1 saturated heterocycles. The van der Waals surface area contributed by atoms with Crippen LogP contribution in [0.25, 0.3) is 0 Å². The van der Waals surface area contributed by atoms with Crippen LogP contribution in [0.5, 0.6) is 11.5 Å². The number of hydrogen-bond acceptors (Lipinski definition) is 3. The van der Waals surface area contributed by atoms with Gasteiger partial charge in [-0.1, -0.05) is 23.2 Å².